The van der Waals surface area contributed by atoms with Crippen molar-refractivity contribution in [2.75, 3.05) is 0 Å². The van der Waals surface area contributed by atoms with Crippen LogP contribution in [0.1, 0.15) is 33.9 Å². The molecule has 0 aliphatic heterocycles. The van der Waals surface area contributed by atoms with Crippen molar-refractivity contribution in [2.45, 2.75) is 33.3 Å². The van der Waals surface area contributed by atoms with Gasteiger partial charge in [0, 0.05) is 10.9 Å². The molecule has 0 fully saturated rings. The molecule has 1 nitrogen and oxygen atoms in total. The van der Waals surface area contributed by atoms with E-state index in [-0.39, 0.29) is 0 Å². The highest BCUT2D eigenvalue weighted by atomic mass is 79.9. The van der Waals surface area contributed by atoms with Gasteiger partial charge in [-0.15, -0.1) is 0 Å². The highest BCUT2D eigenvalue weighted by molar-refractivity contribution is 9.10. The lowest BCUT2D eigenvalue weighted by molar-refractivity contribution is 0.178. The lowest BCUT2D eigenvalue weighted by Crippen LogP contribution is -2.05. The number of benzene rings is 2. The highest BCUT2D eigenvalue weighted by Gasteiger charge is 2.13. The minimum Gasteiger partial charge on any atom is -0.388 e. The maximum absolute atomic E-state index is 10.4. The normalized spacial score (nSPS) is 12.5. The predicted octanol–water partition coefficient (Wildman–Crippen LogP) is 5.30. The third-order valence-corrected chi connectivity index (χ3v) is 4.78. The number of aliphatic hydroxyl groups excluding tert-OH is 1. The molecule has 0 saturated carbocycles. The van der Waals surface area contributed by atoms with E-state index in [0.717, 1.165) is 10.0 Å². The largest absolute Gasteiger partial charge is 0.388 e. The number of aliphatic hydroxyl groups is 1. The summed E-state index contributed by atoms with van der Waals surface area (Å²) in [5, 5.41) is 11.1. The number of hydrogen-bond donors (Lipinski definition) is 1. The Hall–Kier alpha value is -0.830. The van der Waals surface area contributed by atoms with Gasteiger partial charge in [-0.3, -0.25) is 0 Å². The molecule has 1 N–H and O–H groups in total. The van der Waals surface area contributed by atoms with Crippen LogP contribution >= 0.6 is 27.5 Å². The van der Waals surface area contributed by atoms with Crippen molar-refractivity contribution < 1.29 is 5.11 Å². The standard InChI is InChI=1S/C17H18BrClO/c1-10-6-11(2)14(12(3)7-10)9-17(20)13-4-5-16(19)15(18)8-13/h4-8,17,20H,9H2,1-3H3. The average molecular weight is 354 g/mol. The first-order chi connectivity index (χ1) is 9.38. The van der Waals surface area contributed by atoms with E-state index in [1.54, 1.807) is 6.07 Å². The summed E-state index contributed by atoms with van der Waals surface area (Å²) in [6.45, 7) is 6.29. The van der Waals surface area contributed by atoms with Crippen LogP contribution in [-0.2, 0) is 6.42 Å². The minimum absolute atomic E-state index is 0.524. The van der Waals surface area contributed by atoms with Crippen LogP contribution in [0, 0.1) is 20.8 Å². The van der Waals surface area contributed by atoms with Crippen LogP contribution in [0.2, 0.25) is 5.02 Å². The van der Waals surface area contributed by atoms with Crippen molar-refractivity contribution in [2.24, 2.45) is 0 Å². The van der Waals surface area contributed by atoms with E-state index in [2.05, 4.69) is 48.8 Å². The van der Waals surface area contributed by atoms with Crippen LogP contribution in [0.15, 0.2) is 34.8 Å². The molecule has 0 amide bonds. The Morgan fingerprint density at radius 2 is 1.70 bits per heavy atom. The van der Waals surface area contributed by atoms with Gasteiger partial charge in [-0.05, 0) is 71.1 Å². The molecular weight excluding hydrogens is 336 g/mol. The van der Waals surface area contributed by atoms with Gasteiger partial charge in [0.05, 0.1) is 11.1 Å². The second-order valence-corrected chi connectivity index (χ2v) is 6.53. The lowest BCUT2D eigenvalue weighted by Gasteiger charge is -2.16. The van der Waals surface area contributed by atoms with E-state index in [0.29, 0.717) is 11.4 Å². The Kier molecular flexibility index (Phi) is 4.90. The lowest BCUT2D eigenvalue weighted by atomic mass is 9.93. The Balaban J connectivity index is 2.27. The zero-order chi connectivity index (χ0) is 14.9. The number of halogens is 2. The van der Waals surface area contributed by atoms with E-state index in [1.807, 2.05) is 12.1 Å². The Bertz CT molecular complexity index is 614. The minimum atomic E-state index is -0.524. The number of aryl methyl sites for hydroxylation is 3. The molecule has 0 aliphatic rings. The van der Waals surface area contributed by atoms with E-state index >= 15 is 0 Å². The molecular formula is C17H18BrClO. The SMILES string of the molecule is Cc1cc(C)c(CC(O)c2ccc(Cl)c(Br)c2)c(C)c1. The quantitative estimate of drug-likeness (QED) is 0.793. The fourth-order valence-corrected chi connectivity index (χ4v) is 3.08. The topological polar surface area (TPSA) is 20.2 Å². The van der Waals surface area contributed by atoms with Crippen molar-refractivity contribution in [3.63, 3.8) is 0 Å². The molecule has 0 bridgehead atoms. The molecule has 2 aromatic rings. The van der Waals surface area contributed by atoms with Crippen LogP contribution in [0.5, 0.6) is 0 Å². The fourth-order valence-electron chi connectivity index (χ4n) is 2.56. The van der Waals surface area contributed by atoms with Crippen LogP contribution in [0.3, 0.4) is 0 Å². The van der Waals surface area contributed by atoms with Crippen LogP contribution in [-0.4, -0.2) is 5.11 Å². The zero-order valence-corrected chi connectivity index (χ0v) is 14.2. The maximum Gasteiger partial charge on any atom is 0.0830 e. The van der Waals surface area contributed by atoms with E-state index in [9.17, 15) is 5.11 Å². The van der Waals surface area contributed by atoms with E-state index < -0.39 is 6.10 Å². The van der Waals surface area contributed by atoms with Crippen molar-refractivity contribution in [1.82, 2.24) is 0 Å². The van der Waals surface area contributed by atoms with Gasteiger partial charge in [-0.25, -0.2) is 0 Å². The van der Waals surface area contributed by atoms with Crippen molar-refractivity contribution in [1.29, 1.82) is 0 Å². The maximum atomic E-state index is 10.4. The molecule has 106 valence electrons. The summed E-state index contributed by atoms with van der Waals surface area (Å²) in [6, 6.07) is 9.88. The molecule has 0 radical (unpaired) electrons. The van der Waals surface area contributed by atoms with Gasteiger partial charge in [-0.1, -0.05) is 35.4 Å². The molecule has 0 aliphatic carbocycles. The predicted molar refractivity (Wildman–Crippen MR) is 88.5 cm³/mol. The molecule has 2 rings (SSSR count). The smallest absolute Gasteiger partial charge is 0.0830 e. The van der Waals surface area contributed by atoms with Gasteiger partial charge in [0.15, 0.2) is 0 Å². The first-order valence-corrected chi connectivity index (χ1v) is 7.75. The molecule has 0 heterocycles. The molecule has 0 saturated heterocycles. The Labute approximate surface area is 133 Å². The molecule has 0 aromatic heterocycles. The summed E-state index contributed by atoms with van der Waals surface area (Å²) in [7, 11) is 0. The Morgan fingerprint density at radius 3 is 2.25 bits per heavy atom. The van der Waals surface area contributed by atoms with Crippen LogP contribution in [0.25, 0.3) is 0 Å². The molecule has 3 heteroatoms. The third-order valence-electron chi connectivity index (χ3n) is 3.57. The van der Waals surface area contributed by atoms with Gasteiger partial charge in [0.1, 0.15) is 0 Å². The van der Waals surface area contributed by atoms with E-state index in [4.69, 9.17) is 11.6 Å². The van der Waals surface area contributed by atoms with Gasteiger partial charge >= 0.3 is 0 Å². The van der Waals surface area contributed by atoms with Crippen molar-refractivity contribution >= 4 is 27.5 Å². The number of hydrogen-bond acceptors (Lipinski definition) is 1. The second-order valence-electron chi connectivity index (χ2n) is 5.27. The van der Waals surface area contributed by atoms with Gasteiger partial charge in [-0.2, -0.15) is 0 Å². The van der Waals surface area contributed by atoms with E-state index in [1.165, 1.54) is 22.3 Å². The number of rotatable bonds is 3. The molecule has 2 aromatic carbocycles. The van der Waals surface area contributed by atoms with Crippen molar-refractivity contribution in [3.8, 4) is 0 Å². The molecule has 0 spiro atoms. The first-order valence-electron chi connectivity index (χ1n) is 6.58. The zero-order valence-electron chi connectivity index (χ0n) is 11.9. The summed E-state index contributed by atoms with van der Waals surface area (Å²) < 4.78 is 0.813. The van der Waals surface area contributed by atoms with Gasteiger partial charge in [0.25, 0.3) is 0 Å². The summed E-state index contributed by atoms with van der Waals surface area (Å²) in [6.07, 6.45) is 0.0927. The van der Waals surface area contributed by atoms with Gasteiger partial charge < -0.3 is 5.11 Å². The van der Waals surface area contributed by atoms with Crippen LogP contribution in [0.4, 0.5) is 0 Å². The molecule has 20 heavy (non-hydrogen) atoms. The van der Waals surface area contributed by atoms with Gasteiger partial charge in [0.2, 0.25) is 0 Å². The fraction of sp³-hybridized carbons (Fsp3) is 0.294. The first kappa shape index (κ1) is 15.6. The summed E-state index contributed by atoms with van der Waals surface area (Å²) in [5.41, 5.74) is 5.81. The van der Waals surface area contributed by atoms with Crippen molar-refractivity contribution in [3.05, 3.63) is 67.6 Å². The van der Waals surface area contributed by atoms with Crippen LogP contribution < -0.4 is 0 Å². The summed E-state index contributed by atoms with van der Waals surface area (Å²) >= 11 is 9.38. The monoisotopic (exact) mass is 352 g/mol. The second kappa shape index (κ2) is 6.30. The summed E-state index contributed by atoms with van der Waals surface area (Å²) in [5.74, 6) is 0. The third kappa shape index (κ3) is 3.43. The molecule has 1 unspecified atom stereocenters. The highest BCUT2D eigenvalue weighted by Crippen LogP contribution is 2.29. The summed E-state index contributed by atoms with van der Waals surface area (Å²) in [4.78, 5) is 0. The average Bonchev–Trinajstić information content (AvgIpc) is 2.36. The Morgan fingerprint density at radius 1 is 1.10 bits per heavy atom. The molecule has 1 atom stereocenters.